The average molecular weight is 296 g/mol. The van der Waals surface area contributed by atoms with Crippen molar-refractivity contribution < 1.29 is 9.59 Å². The Balaban J connectivity index is 2.18. The number of anilines is 1. The number of hydrogen-bond donors (Lipinski definition) is 3. The maximum absolute atomic E-state index is 12.3. The number of carbonyl (C=O) groups is 2. The first-order valence-electron chi connectivity index (χ1n) is 6.55. The van der Waals surface area contributed by atoms with Gasteiger partial charge in [-0.1, -0.05) is 18.0 Å². The van der Waals surface area contributed by atoms with Gasteiger partial charge in [-0.2, -0.15) is 0 Å². The minimum absolute atomic E-state index is 0.0866. The van der Waals surface area contributed by atoms with Crippen molar-refractivity contribution in [2.24, 2.45) is 11.1 Å². The van der Waals surface area contributed by atoms with E-state index in [-0.39, 0.29) is 11.8 Å². The van der Waals surface area contributed by atoms with E-state index in [0.29, 0.717) is 22.8 Å². The van der Waals surface area contributed by atoms with Crippen molar-refractivity contribution in [2.75, 3.05) is 18.9 Å². The van der Waals surface area contributed by atoms with E-state index in [9.17, 15) is 9.59 Å². The molecule has 0 radical (unpaired) electrons. The fourth-order valence-electron chi connectivity index (χ4n) is 2.30. The minimum atomic E-state index is -0.452. The third kappa shape index (κ3) is 2.64. The maximum atomic E-state index is 12.3. The summed E-state index contributed by atoms with van der Waals surface area (Å²) < 4.78 is 0. The monoisotopic (exact) mass is 295 g/mol. The molecule has 2 rings (SSSR count). The molecule has 0 atom stereocenters. The molecule has 0 aliphatic heterocycles. The molecule has 0 bridgehead atoms. The van der Waals surface area contributed by atoms with Gasteiger partial charge in [0, 0.05) is 19.3 Å². The summed E-state index contributed by atoms with van der Waals surface area (Å²) in [6.45, 7) is 0.342. The Kier molecular flexibility index (Phi) is 4.30. The second kappa shape index (κ2) is 5.81. The average Bonchev–Trinajstić information content (AvgIpc) is 2.39. The van der Waals surface area contributed by atoms with Crippen molar-refractivity contribution in [2.45, 2.75) is 19.3 Å². The molecule has 5 nitrogen and oxygen atoms in total. The smallest absolute Gasteiger partial charge is 0.252 e. The van der Waals surface area contributed by atoms with Gasteiger partial charge in [0.25, 0.3) is 5.91 Å². The van der Waals surface area contributed by atoms with Crippen LogP contribution in [0, 0.1) is 5.41 Å². The van der Waals surface area contributed by atoms with Gasteiger partial charge < -0.3 is 16.4 Å². The van der Waals surface area contributed by atoms with Gasteiger partial charge >= 0.3 is 0 Å². The van der Waals surface area contributed by atoms with Crippen LogP contribution in [0.5, 0.6) is 0 Å². The molecule has 0 heterocycles. The van der Waals surface area contributed by atoms with Crippen LogP contribution in [0.25, 0.3) is 0 Å². The Bertz CT molecular complexity index is 536. The zero-order valence-electron chi connectivity index (χ0n) is 11.3. The van der Waals surface area contributed by atoms with Crippen molar-refractivity contribution in [1.82, 2.24) is 5.32 Å². The molecule has 6 heteroatoms. The van der Waals surface area contributed by atoms with Gasteiger partial charge in [0.1, 0.15) is 0 Å². The lowest BCUT2D eigenvalue weighted by atomic mass is 9.68. The number of carbonyl (C=O) groups excluding carboxylic acids is 2. The van der Waals surface area contributed by atoms with Gasteiger partial charge in [-0.25, -0.2) is 0 Å². The summed E-state index contributed by atoms with van der Waals surface area (Å²) in [5, 5.41) is 5.68. The topological polar surface area (TPSA) is 84.2 Å². The highest BCUT2D eigenvalue weighted by atomic mass is 35.5. The summed E-state index contributed by atoms with van der Waals surface area (Å²) in [6, 6.07) is 4.84. The van der Waals surface area contributed by atoms with Crippen molar-refractivity contribution >= 4 is 29.1 Å². The van der Waals surface area contributed by atoms with E-state index in [4.69, 9.17) is 17.3 Å². The molecule has 108 valence electrons. The van der Waals surface area contributed by atoms with Crippen molar-refractivity contribution in [3.63, 3.8) is 0 Å². The van der Waals surface area contributed by atoms with Gasteiger partial charge in [0.15, 0.2) is 0 Å². The van der Waals surface area contributed by atoms with Crippen LogP contribution in [-0.4, -0.2) is 25.4 Å². The fraction of sp³-hybridized carbons (Fsp3) is 0.429. The SMILES string of the molecule is CNC(=O)c1cc(NC(=O)C2(CN)CCC2)ccc1Cl. The molecule has 1 aliphatic carbocycles. The van der Waals surface area contributed by atoms with E-state index in [1.54, 1.807) is 18.2 Å². The highest BCUT2D eigenvalue weighted by Gasteiger charge is 2.42. The normalized spacial score (nSPS) is 16.1. The van der Waals surface area contributed by atoms with E-state index in [2.05, 4.69) is 10.6 Å². The van der Waals surface area contributed by atoms with Gasteiger partial charge in [0.2, 0.25) is 5.91 Å². The third-order valence-corrected chi connectivity index (χ3v) is 4.21. The van der Waals surface area contributed by atoms with Crippen LogP contribution in [-0.2, 0) is 4.79 Å². The minimum Gasteiger partial charge on any atom is -0.355 e. The lowest BCUT2D eigenvalue weighted by Crippen LogP contribution is -2.47. The van der Waals surface area contributed by atoms with Gasteiger partial charge in [-0.3, -0.25) is 9.59 Å². The van der Waals surface area contributed by atoms with Crippen LogP contribution in [0.1, 0.15) is 29.6 Å². The quantitative estimate of drug-likeness (QED) is 0.791. The van der Waals surface area contributed by atoms with Crippen LogP contribution in [0.4, 0.5) is 5.69 Å². The maximum Gasteiger partial charge on any atom is 0.252 e. The molecule has 0 unspecified atom stereocenters. The van der Waals surface area contributed by atoms with E-state index in [1.807, 2.05) is 0 Å². The third-order valence-electron chi connectivity index (χ3n) is 3.88. The Hall–Kier alpha value is -1.59. The van der Waals surface area contributed by atoms with Crippen LogP contribution < -0.4 is 16.4 Å². The molecular formula is C14H18ClN3O2. The first kappa shape index (κ1) is 14.8. The first-order chi connectivity index (χ1) is 9.52. The molecule has 20 heavy (non-hydrogen) atoms. The van der Waals surface area contributed by atoms with Crippen LogP contribution in [0.2, 0.25) is 5.02 Å². The fourth-order valence-corrected chi connectivity index (χ4v) is 2.51. The zero-order valence-corrected chi connectivity index (χ0v) is 12.1. The van der Waals surface area contributed by atoms with Gasteiger partial charge in [-0.15, -0.1) is 0 Å². The lowest BCUT2D eigenvalue weighted by Gasteiger charge is -2.39. The van der Waals surface area contributed by atoms with Crippen LogP contribution >= 0.6 is 11.6 Å². The summed E-state index contributed by atoms with van der Waals surface area (Å²) in [6.07, 6.45) is 2.64. The Morgan fingerprint density at radius 1 is 1.40 bits per heavy atom. The van der Waals surface area contributed by atoms with E-state index < -0.39 is 5.41 Å². The molecule has 1 aromatic rings. The largest absolute Gasteiger partial charge is 0.355 e. The van der Waals surface area contributed by atoms with Crippen LogP contribution in [0.15, 0.2) is 18.2 Å². The molecular weight excluding hydrogens is 278 g/mol. The van der Waals surface area contributed by atoms with Crippen molar-refractivity contribution in [3.8, 4) is 0 Å². The summed E-state index contributed by atoms with van der Waals surface area (Å²) in [4.78, 5) is 23.9. The predicted octanol–water partition coefficient (Wildman–Crippen LogP) is 1.77. The lowest BCUT2D eigenvalue weighted by molar-refractivity contribution is -0.129. The van der Waals surface area contributed by atoms with E-state index in [1.165, 1.54) is 7.05 Å². The molecule has 0 saturated heterocycles. The molecule has 1 saturated carbocycles. The first-order valence-corrected chi connectivity index (χ1v) is 6.93. The second-order valence-corrected chi connectivity index (χ2v) is 5.47. The number of halogens is 1. The standard InChI is InChI=1S/C14H18ClN3O2/c1-17-12(19)10-7-9(3-4-11(10)15)18-13(20)14(8-16)5-2-6-14/h3-4,7H,2,5-6,8,16H2,1H3,(H,17,19)(H,18,20). The molecule has 2 amide bonds. The summed E-state index contributed by atoms with van der Waals surface area (Å²) in [5.74, 6) is -0.375. The number of amides is 2. The Morgan fingerprint density at radius 2 is 2.10 bits per heavy atom. The molecule has 1 aliphatic rings. The predicted molar refractivity (Wildman–Crippen MR) is 78.8 cm³/mol. The molecule has 1 fully saturated rings. The molecule has 4 N–H and O–H groups in total. The van der Waals surface area contributed by atoms with Crippen LogP contribution in [0.3, 0.4) is 0 Å². The Labute approximate surface area is 122 Å². The van der Waals surface area contributed by atoms with E-state index >= 15 is 0 Å². The number of benzene rings is 1. The van der Waals surface area contributed by atoms with Gasteiger partial charge in [0.05, 0.1) is 16.0 Å². The highest BCUT2D eigenvalue weighted by Crippen LogP contribution is 2.40. The van der Waals surface area contributed by atoms with Crippen molar-refractivity contribution in [1.29, 1.82) is 0 Å². The molecule has 1 aromatic carbocycles. The number of nitrogens with two attached hydrogens (primary N) is 1. The van der Waals surface area contributed by atoms with Crippen molar-refractivity contribution in [3.05, 3.63) is 28.8 Å². The summed E-state index contributed by atoms with van der Waals surface area (Å²) in [7, 11) is 1.53. The van der Waals surface area contributed by atoms with E-state index in [0.717, 1.165) is 19.3 Å². The Morgan fingerprint density at radius 3 is 2.60 bits per heavy atom. The molecule has 0 spiro atoms. The van der Waals surface area contributed by atoms with Gasteiger partial charge in [-0.05, 0) is 31.0 Å². The number of nitrogens with one attached hydrogen (secondary N) is 2. The summed E-state index contributed by atoms with van der Waals surface area (Å²) >= 11 is 5.97. The zero-order chi connectivity index (χ0) is 14.8. The summed E-state index contributed by atoms with van der Waals surface area (Å²) in [5.41, 5.74) is 6.14. The number of rotatable bonds is 4. The number of hydrogen-bond acceptors (Lipinski definition) is 3. The second-order valence-electron chi connectivity index (χ2n) is 5.07. The molecule has 0 aromatic heterocycles. The highest BCUT2D eigenvalue weighted by molar-refractivity contribution is 6.34.